The van der Waals surface area contributed by atoms with Crippen molar-refractivity contribution in [2.24, 2.45) is 11.8 Å². The number of hydrogen-bond acceptors (Lipinski definition) is 2. The van der Waals surface area contributed by atoms with E-state index in [2.05, 4.69) is 10.6 Å². The van der Waals surface area contributed by atoms with Crippen LogP contribution < -0.4 is 10.6 Å². The van der Waals surface area contributed by atoms with Crippen molar-refractivity contribution >= 4 is 18.3 Å². The lowest BCUT2D eigenvalue weighted by molar-refractivity contribution is -0.124. The monoisotopic (exact) mass is 176 g/mol. The number of nitrogens with one attached hydrogen (secondary N) is 2. The minimum atomic E-state index is 0. The average Bonchev–Trinajstić information content (AvgIpc) is 2.12. The quantitative estimate of drug-likeness (QED) is 0.579. The molecule has 2 rings (SSSR count). The Morgan fingerprint density at radius 1 is 1.36 bits per heavy atom. The topological polar surface area (TPSA) is 41.1 Å². The maximum atomic E-state index is 11.1. The number of halogens is 1. The van der Waals surface area contributed by atoms with Gasteiger partial charge < -0.3 is 10.6 Å². The highest BCUT2D eigenvalue weighted by Crippen LogP contribution is 2.22. The van der Waals surface area contributed by atoms with Crippen LogP contribution in [0.5, 0.6) is 0 Å². The molecule has 0 aromatic carbocycles. The fourth-order valence-corrected chi connectivity index (χ4v) is 1.66. The molecule has 2 aliphatic rings. The number of hydrogen-bond donors (Lipinski definition) is 2. The van der Waals surface area contributed by atoms with Crippen molar-refractivity contribution in [3.8, 4) is 0 Å². The Morgan fingerprint density at radius 2 is 2.09 bits per heavy atom. The van der Waals surface area contributed by atoms with E-state index in [-0.39, 0.29) is 18.3 Å². The van der Waals surface area contributed by atoms with Crippen LogP contribution in [0.15, 0.2) is 0 Å². The first kappa shape index (κ1) is 8.81. The lowest BCUT2D eigenvalue weighted by Crippen LogP contribution is -2.47. The van der Waals surface area contributed by atoms with Crippen molar-refractivity contribution in [2.45, 2.75) is 6.42 Å². The molecule has 1 unspecified atom stereocenters. The first-order chi connectivity index (χ1) is 4.88. The summed E-state index contributed by atoms with van der Waals surface area (Å²) < 4.78 is 0. The zero-order valence-corrected chi connectivity index (χ0v) is 7.12. The second kappa shape index (κ2) is 3.41. The number of carbonyl (C=O) groups excluding carboxylic acids is 1. The fraction of sp³-hybridized carbons (Fsp3) is 0.857. The molecule has 0 saturated carbocycles. The van der Waals surface area contributed by atoms with E-state index < -0.39 is 0 Å². The van der Waals surface area contributed by atoms with Crippen molar-refractivity contribution in [1.29, 1.82) is 0 Å². The van der Waals surface area contributed by atoms with Gasteiger partial charge >= 0.3 is 0 Å². The summed E-state index contributed by atoms with van der Waals surface area (Å²) in [6.45, 7) is 2.97. The summed E-state index contributed by atoms with van der Waals surface area (Å²) in [5.41, 5.74) is 0. The van der Waals surface area contributed by atoms with E-state index in [0.717, 1.165) is 26.1 Å². The third-order valence-corrected chi connectivity index (χ3v) is 2.47. The van der Waals surface area contributed by atoms with Crippen LogP contribution in [0.2, 0.25) is 0 Å². The summed E-state index contributed by atoms with van der Waals surface area (Å²) >= 11 is 0. The molecule has 0 aromatic heterocycles. The van der Waals surface area contributed by atoms with E-state index in [0.29, 0.717) is 11.8 Å². The molecule has 4 heteroatoms. The molecule has 1 atom stereocenters. The van der Waals surface area contributed by atoms with E-state index in [4.69, 9.17) is 0 Å². The lowest BCUT2D eigenvalue weighted by Gasteiger charge is -2.30. The fourth-order valence-electron chi connectivity index (χ4n) is 1.66. The average molecular weight is 177 g/mol. The van der Waals surface area contributed by atoms with Gasteiger partial charge in [0.2, 0.25) is 5.91 Å². The minimum absolute atomic E-state index is 0. The van der Waals surface area contributed by atoms with Crippen LogP contribution in [-0.4, -0.2) is 25.5 Å². The normalized spacial score (nSPS) is 30.5. The molecular formula is C7H13ClN2O. The second-order valence-electron chi connectivity index (χ2n) is 3.10. The summed E-state index contributed by atoms with van der Waals surface area (Å²) in [6, 6.07) is 0. The van der Waals surface area contributed by atoms with Crippen LogP contribution in [-0.2, 0) is 4.79 Å². The third kappa shape index (κ3) is 1.49. The number of carbonyl (C=O) groups is 1. The predicted molar refractivity (Wildman–Crippen MR) is 44.7 cm³/mol. The van der Waals surface area contributed by atoms with Gasteiger partial charge in [-0.25, -0.2) is 0 Å². The van der Waals surface area contributed by atoms with Gasteiger partial charge in [-0.05, 0) is 25.4 Å². The molecule has 0 bridgehead atoms. The molecule has 0 spiro atoms. The van der Waals surface area contributed by atoms with Gasteiger partial charge in [0.15, 0.2) is 0 Å². The molecule has 11 heavy (non-hydrogen) atoms. The van der Waals surface area contributed by atoms with Crippen LogP contribution in [0, 0.1) is 11.8 Å². The zero-order chi connectivity index (χ0) is 6.97. The molecule has 0 aliphatic carbocycles. The highest BCUT2D eigenvalue weighted by Gasteiger charge is 2.34. The van der Waals surface area contributed by atoms with Crippen molar-refractivity contribution in [3.05, 3.63) is 0 Å². The maximum absolute atomic E-state index is 11.1. The van der Waals surface area contributed by atoms with Crippen LogP contribution in [0.3, 0.4) is 0 Å². The van der Waals surface area contributed by atoms with Crippen LogP contribution in [0.25, 0.3) is 0 Å². The molecular weight excluding hydrogens is 164 g/mol. The highest BCUT2D eigenvalue weighted by molar-refractivity contribution is 5.85. The van der Waals surface area contributed by atoms with Crippen LogP contribution in [0.1, 0.15) is 6.42 Å². The summed E-state index contributed by atoms with van der Waals surface area (Å²) in [5, 5.41) is 6.03. The number of rotatable bonds is 1. The minimum Gasteiger partial charge on any atom is -0.356 e. The van der Waals surface area contributed by atoms with Gasteiger partial charge in [-0.1, -0.05) is 0 Å². The largest absolute Gasteiger partial charge is 0.356 e. The molecule has 64 valence electrons. The van der Waals surface area contributed by atoms with E-state index in [1.807, 2.05) is 0 Å². The molecule has 2 heterocycles. The molecule has 2 N–H and O–H groups in total. The Balaban J connectivity index is 0.000000605. The molecule has 1 amide bonds. The van der Waals surface area contributed by atoms with Gasteiger partial charge in [-0.15, -0.1) is 12.4 Å². The Bertz CT molecular complexity index is 159. The zero-order valence-electron chi connectivity index (χ0n) is 6.30. The molecule has 2 fully saturated rings. The molecule has 0 aromatic rings. The summed E-state index contributed by atoms with van der Waals surface area (Å²) in [6.07, 6.45) is 1.05. The second-order valence-corrected chi connectivity index (χ2v) is 3.10. The predicted octanol–water partition coefficient (Wildman–Crippen LogP) is -0.236. The molecule has 2 saturated heterocycles. The van der Waals surface area contributed by atoms with Crippen molar-refractivity contribution in [3.63, 3.8) is 0 Å². The summed E-state index contributed by atoms with van der Waals surface area (Å²) in [5.74, 6) is 1.22. The first-order valence-electron chi connectivity index (χ1n) is 3.86. The van der Waals surface area contributed by atoms with Crippen molar-refractivity contribution in [1.82, 2.24) is 10.6 Å². The van der Waals surface area contributed by atoms with Crippen molar-refractivity contribution in [2.75, 3.05) is 19.6 Å². The van der Waals surface area contributed by atoms with E-state index >= 15 is 0 Å². The molecule has 2 aliphatic heterocycles. The smallest absolute Gasteiger partial charge is 0.223 e. The van der Waals surface area contributed by atoms with Crippen molar-refractivity contribution < 1.29 is 4.79 Å². The standard InChI is InChI=1S/C7H12N2O.ClH/c10-7-6(1-2-9-7)5-3-8-4-5;/h5-6,8H,1-4H2,(H,9,10);1H. The highest BCUT2D eigenvalue weighted by atomic mass is 35.5. The molecule has 0 radical (unpaired) electrons. The van der Waals surface area contributed by atoms with Gasteiger partial charge in [-0.3, -0.25) is 4.79 Å². The van der Waals surface area contributed by atoms with E-state index in [1.54, 1.807) is 0 Å². The van der Waals surface area contributed by atoms with Crippen LogP contribution in [0.4, 0.5) is 0 Å². The van der Waals surface area contributed by atoms with Gasteiger partial charge in [0.25, 0.3) is 0 Å². The van der Waals surface area contributed by atoms with E-state index in [1.165, 1.54) is 0 Å². The maximum Gasteiger partial charge on any atom is 0.223 e. The summed E-state index contributed by atoms with van der Waals surface area (Å²) in [4.78, 5) is 11.1. The van der Waals surface area contributed by atoms with Gasteiger partial charge in [0.1, 0.15) is 0 Å². The lowest BCUT2D eigenvalue weighted by atomic mass is 9.86. The Kier molecular flexibility index (Phi) is 2.73. The SMILES string of the molecule is Cl.O=C1NCCC1C1CNC1. The van der Waals surface area contributed by atoms with Gasteiger partial charge in [0.05, 0.1) is 0 Å². The Morgan fingerprint density at radius 3 is 2.45 bits per heavy atom. The van der Waals surface area contributed by atoms with E-state index in [9.17, 15) is 4.79 Å². The van der Waals surface area contributed by atoms with Gasteiger partial charge in [-0.2, -0.15) is 0 Å². The Hall–Kier alpha value is -0.280. The third-order valence-electron chi connectivity index (χ3n) is 2.47. The Labute approximate surface area is 72.3 Å². The summed E-state index contributed by atoms with van der Waals surface area (Å²) in [7, 11) is 0. The number of amides is 1. The van der Waals surface area contributed by atoms with Crippen LogP contribution >= 0.6 is 12.4 Å². The first-order valence-corrected chi connectivity index (χ1v) is 3.86. The van der Waals surface area contributed by atoms with Gasteiger partial charge in [0, 0.05) is 12.5 Å². The molecule has 3 nitrogen and oxygen atoms in total.